The van der Waals surface area contributed by atoms with E-state index in [0.29, 0.717) is 9.88 Å². The van der Waals surface area contributed by atoms with Crippen LogP contribution in [0.15, 0.2) is 6.20 Å². The van der Waals surface area contributed by atoms with Crippen molar-refractivity contribution in [1.82, 2.24) is 9.88 Å². The van der Waals surface area contributed by atoms with Crippen molar-refractivity contribution in [2.24, 2.45) is 5.73 Å². The van der Waals surface area contributed by atoms with Gasteiger partial charge in [-0.1, -0.05) is 0 Å². The van der Waals surface area contributed by atoms with Crippen LogP contribution in [0.5, 0.6) is 0 Å². The lowest BCUT2D eigenvalue weighted by molar-refractivity contribution is -0.129. The van der Waals surface area contributed by atoms with E-state index in [-0.39, 0.29) is 11.8 Å². The van der Waals surface area contributed by atoms with Gasteiger partial charge in [0.2, 0.25) is 5.91 Å². The van der Waals surface area contributed by atoms with E-state index < -0.39 is 5.91 Å². The second-order valence-electron chi connectivity index (χ2n) is 3.38. The molecular formula is C9H13N3O2S. The minimum absolute atomic E-state index is 0.0413. The van der Waals surface area contributed by atoms with Crippen LogP contribution in [0.3, 0.4) is 0 Å². The third-order valence-electron chi connectivity index (χ3n) is 1.95. The molecule has 0 bridgehead atoms. The average Bonchev–Trinajstić information content (AvgIpc) is 2.64. The lowest BCUT2D eigenvalue weighted by Gasteiger charge is -2.14. The molecule has 2 N–H and O–H groups in total. The highest BCUT2D eigenvalue weighted by atomic mass is 32.1. The number of amides is 2. The summed E-state index contributed by atoms with van der Waals surface area (Å²) in [4.78, 5) is 28.3. The van der Waals surface area contributed by atoms with E-state index in [0.717, 1.165) is 11.3 Å². The predicted octanol–water partition coefficient (Wildman–Crippen LogP) is 0.434. The van der Waals surface area contributed by atoms with Crippen LogP contribution in [0, 0.1) is 0 Å². The zero-order valence-corrected chi connectivity index (χ0v) is 9.67. The van der Waals surface area contributed by atoms with Crippen LogP contribution in [0.4, 0.5) is 0 Å². The number of thiazole rings is 1. The molecule has 0 aliphatic carbocycles. The molecule has 1 rings (SSSR count). The first-order valence-corrected chi connectivity index (χ1v) is 5.21. The van der Waals surface area contributed by atoms with Gasteiger partial charge < -0.3 is 10.6 Å². The quantitative estimate of drug-likeness (QED) is 0.813. The topological polar surface area (TPSA) is 76.3 Å². The molecule has 2 amide bonds. The summed E-state index contributed by atoms with van der Waals surface area (Å²) in [5, 5.41) is 0.613. The number of carbonyl (C=O) groups is 2. The second-order valence-corrected chi connectivity index (χ2v) is 4.44. The summed E-state index contributed by atoms with van der Waals surface area (Å²) >= 11 is 1.16. The van der Waals surface area contributed by atoms with Gasteiger partial charge in [-0.3, -0.25) is 9.59 Å². The van der Waals surface area contributed by atoms with Crippen molar-refractivity contribution in [2.45, 2.75) is 12.8 Å². The molecule has 1 aromatic rings. The maximum atomic E-state index is 11.6. The van der Waals surface area contributed by atoms with E-state index >= 15 is 0 Å². The van der Waals surface area contributed by atoms with Gasteiger partial charge >= 0.3 is 0 Å². The third-order valence-corrected chi connectivity index (χ3v) is 3.14. The molecule has 0 saturated heterocycles. The van der Waals surface area contributed by atoms with Crippen molar-refractivity contribution in [3.63, 3.8) is 0 Å². The highest BCUT2D eigenvalue weighted by Gasteiger charge is 2.21. The molecule has 15 heavy (non-hydrogen) atoms. The Balaban J connectivity index is 2.87. The molecule has 82 valence electrons. The van der Waals surface area contributed by atoms with Crippen molar-refractivity contribution >= 4 is 23.2 Å². The van der Waals surface area contributed by atoms with Crippen molar-refractivity contribution in [3.8, 4) is 0 Å². The molecule has 0 aliphatic rings. The maximum absolute atomic E-state index is 11.6. The van der Waals surface area contributed by atoms with E-state index in [1.165, 1.54) is 11.1 Å². The molecular weight excluding hydrogens is 214 g/mol. The molecule has 1 aromatic heterocycles. The third kappa shape index (κ3) is 2.53. The molecule has 6 heteroatoms. The summed E-state index contributed by atoms with van der Waals surface area (Å²) in [6.45, 7) is 1.76. The number of primary amides is 1. The SMILES string of the molecule is C[C@@H](C(=O)N(C)C)c1ncc(C(N)=O)s1. The Bertz CT molecular complexity index is 386. The minimum Gasteiger partial charge on any atom is -0.365 e. The number of likely N-dealkylation sites (N-methyl/N-ethyl adjacent to an activating group) is 1. The van der Waals surface area contributed by atoms with Gasteiger partial charge in [0.25, 0.3) is 5.91 Å². The van der Waals surface area contributed by atoms with E-state index in [1.54, 1.807) is 21.0 Å². The van der Waals surface area contributed by atoms with Crippen LogP contribution >= 0.6 is 11.3 Å². The Labute approximate surface area is 91.9 Å². The molecule has 0 radical (unpaired) electrons. The molecule has 0 aliphatic heterocycles. The average molecular weight is 227 g/mol. The van der Waals surface area contributed by atoms with Gasteiger partial charge in [-0.25, -0.2) is 4.98 Å². The molecule has 0 unspecified atom stereocenters. The summed E-state index contributed by atoms with van der Waals surface area (Å²) in [5.74, 6) is -0.887. The van der Waals surface area contributed by atoms with Gasteiger partial charge in [-0.05, 0) is 6.92 Å². The van der Waals surface area contributed by atoms with Crippen molar-refractivity contribution in [3.05, 3.63) is 16.1 Å². The van der Waals surface area contributed by atoms with E-state index in [1.807, 2.05) is 0 Å². The number of nitrogens with zero attached hydrogens (tertiary/aromatic N) is 2. The van der Waals surface area contributed by atoms with Crippen molar-refractivity contribution in [2.75, 3.05) is 14.1 Å². The normalized spacial score (nSPS) is 12.2. The molecule has 0 aromatic carbocycles. The maximum Gasteiger partial charge on any atom is 0.260 e. The summed E-state index contributed by atoms with van der Waals surface area (Å²) in [6.07, 6.45) is 1.40. The first-order valence-electron chi connectivity index (χ1n) is 4.40. The van der Waals surface area contributed by atoms with Crippen LogP contribution in [-0.2, 0) is 4.79 Å². The molecule has 0 spiro atoms. The predicted molar refractivity (Wildman–Crippen MR) is 57.7 cm³/mol. The number of rotatable bonds is 3. The Kier molecular flexibility index (Phi) is 3.41. The fraction of sp³-hybridized carbons (Fsp3) is 0.444. The fourth-order valence-corrected chi connectivity index (χ4v) is 1.91. The van der Waals surface area contributed by atoms with Crippen LogP contribution in [0.25, 0.3) is 0 Å². The summed E-state index contributed by atoms with van der Waals surface area (Å²) in [6, 6.07) is 0. The monoisotopic (exact) mass is 227 g/mol. The number of aromatic nitrogens is 1. The Morgan fingerprint density at radius 1 is 1.53 bits per heavy atom. The number of hydrogen-bond acceptors (Lipinski definition) is 4. The number of hydrogen-bond donors (Lipinski definition) is 1. The van der Waals surface area contributed by atoms with E-state index in [2.05, 4.69) is 4.98 Å². The molecule has 0 saturated carbocycles. The first kappa shape index (κ1) is 11.6. The minimum atomic E-state index is -0.511. The van der Waals surface area contributed by atoms with Crippen molar-refractivity contribution < 1.29 is 9.59 Å². The van der Waals surface area contributed by atoms with E-state index in [4.69, 9.17) is 5.73 Å². The lowest BCUT2D eigenvalue weighted by Crippen LogP contribution is -2.26. The van der Waals surface area contributed by atoms with Crippen LogP contribution in [-0.4, -0.2) is 35.8 Å². The lowest BCUT2D eigenvalue weighted by atomic mass is 10.2. The first-order chi connectivity index (χ1) is 6.93. The number of nitrogens with two attached hydrogens (primary N) is 1. The van der Waals surface area contributed by atoms with Gasteiger partial charge in [-0.2, -0.15) is 0 Å². The zero-order chi connectivity index (χ0) is 11.6. The highest BCUT2D eigenvalue weighted by molar-refractivity contribution is 7.13. The largest absolute Gasteiger partial charge is 0.365 e. The molecule has 1 heterocycles. The second kappa shape index (κ2) is 4.39. The Morgan fingerprint density at radius 3 is 2.53 bits per heavy atom. The van der Waals surface area contributed by atoms with Crippen LogP contribution in [0.2, 0.25) is 0 Å². The molecule has 0 fully saturated rings. The Morgan fingerprint density at radius 2 is 2.13 bits per heavy atom. The summed E-state index contributed by atoms with van der Waals surface area (Å²) in [7, 11) is 3.36. The summed E-state index contributed by atoms with van der Waals surface area (Å²) in [5.41, 5.74) is 5.10. The van der Waals surface area contributed by atoms with Crippen molar-refractivity contribution in [1.29, 1.82) is 0 Å². The smallest absolute Gasteiger partial charge is 0.260 e. The van der Waals surface area contributed by atoms with Crippen LogP contribution < -0.4 is 5.73 Å². The molecule has 1 atom stereocenters. The fourth-order valence-electron chi connectivity index (χ4n) is 1.09. The van der Waals surface area contributed by atoms with Gasteiger partial charge in [0, 0.05) is 14.1 Å². The summed E-state index contributed by atoms with van der Waals surface area (Å²) < 4.78 is 0. The van der Waals surface area contributed by atoms with Crippen LogP contribution in [0.1, 0.15) is 27.5 Å². The highest BCUT2D eigenvalue weighted by Crippen LogP contribution is 2.22. The zero-order valence-electron chi connectivity index (χ0n) is 8.85. The van der Waals surface area contributed by atoms with Gasteiger partial charge in [-0.15, -0.1) is 11.3 Å². The Hall–Kier alpha value is -1.43. The standard InChI is InChI=1S/C9H13N3O2S/c1-5(9(14)12(2)3)8-11-4-6(15-8)7(10)13/h4-5H,1-3H3,(H2,10,13)/t5-/m1/s1. The van der Waals surface area contributed by atoms with Gasteiger partial charge in [0.1, 0.15) is 9.88 Å². The number of carbonyl (C=O) groups excluding carboxylic acids is 2. The van der Waals surface area contributed by atoms with Gasteiger partial charge in [0.05, 0.1) is 12.1 Å². The van der Waals surface area contributed by atoms with Gasteiger partial charge in [0.15, 0.2) is 0 Å². The van der Waals surface area contributed by atoms with E-state index in [9.17, 15) is 9.59 Å². The molecule has 5 nitrogen and oxygen atoms in total.